The molecule has 0 unspecified atom stereocenters. The Morgan fingerprint density at radius 1 is 0.842 bits per heavy atom. The van der Waals surface area contributed by atoms with Gasteiger partial charge in [-0.2, -0.15) is 0 Å². The predicted molar refractivity (Wildman–Crippen MR) is 78.7 cm³/mol. The van der Waals surface area contributed by atoms with Gasteiger partial charge in [0.2, 0.25) is 5.43 Å². The fourth-order valence-corrected chi connectivity index (χ4v) is 2.78. The van der Waals surface area contributed by atoms with Crippen molar-refractivity contribution < 1.29 is 0 Å². The van der Waals surface area contributed by atoms with Crippen LogP contribution in [-0.2, 0) is 0 Å². The molecule has 3 heteroatoms. The Morgan fingerprint density at radius 3 is 2.47 bits per heavy atom. The van der Waals surface area contributed by atoms with E-state index >= 15 is 0 Å². The second kappa shape index (κ2) is 3.48. The van der Waals surface area contributed by atoms with Crippen molar-refractivity contribution in [2.45, 2.75) is 6.92 Å². The molecule has 2 heterocycles. The fourth-order valence-electron chi connectivity index (χ4n) is 2.78. The molecule has 2 aromatic carbocycles. The number of rotatable bonds is 0. The topological polar surface area (TPSA) is 48.6 Å². The Kier molecular flexibility index (Phi) is 1.90. The van der Waals surface area contributed by atoms with Gasteiger partial charge in [0.15, 0.2) is 0 Å². The summed E-state index contributed by atoms with van der Waals surface area (Å²) in [6, 6.07) is 13.8. The molecule has 0 saturated carbocycles. The summed E-state index contributed by atoms with van der Waals surface area (Å²) in [4.78, 5) is 19.2. The first-order valence-electron chi connectivity index (χ1n) is 6.28. The maximum Gasteiger partial charge on any atom is 0.213 e. The molecule has 0 atom stereocenters. The molecule has 4 aromatic rings. The minimum absolute atomic E-state index is 0.0676. The summed E-state index contributed by atoms with van der Waals surface area (Å²) in [5.74, 6) is 0. The Hall–Kier alpha value is -2.55. The van der Waals surface area contributed by atoms with E-state index in [4.69, 9.17) is 0 Å². The van der Waals surface area contributed by atoms with E-state index in [0.717, 1.165) is 32.9 Å². The van der Waals surface area contributed by atoms with Gasteiger partial charge in [-0.3, -0.25) is 4.79 Å². The highest BCUT2D eigenvalue weighted by Gasteiger charge is 2.11. The molecule has 0 aliphatic carbocycles. The van der Waals surface area contributed by atoms with Gasteiger partial charge in [0.05, 0.1) is 16.4 Å². The van der Waals surface area contributed by atoms with Crippen LogP contribution >= 0.6 is 0 Å². The van der Waals surface area contributed by atoms with Gasteiger partial charge >= 0.3 is 0 Å². The lowest BCUT2D eigenvalue weighted by Crippen LogP contribution is -2.05. The third-order valence-electron chi connectivity index (χ3n) is 3.69. The monoisotopic (exact) mass is 248 g/mol. The molecule has 0 aliphatic rings. The van der Waals surface area contributed by atoms with Gasteiger partial charge in [-0.1, -0.05) is 30.3 Å². The minimum Gasteiger partial charge on any atom is -0.353 e. The SMILES string of the molecule is Cc1cccc2[nH]c3c([nH]c4ccccc43)c(=O)c12. The Balaban J connectivity index is 2.37. The molecular weight excluding hydrogens is 236 g/mol. The lowest BCUT2D eigenvalue weighted by atomic mass is 10.1. The zero-order valence-corrected chi connectivity index (χ0v) is 10.4. The van der Waals surface area contributed by atoms with Crippen molar-refractivity contribution in [3.05, 3.63) is 58.3 Å². The molecule has 4 rings (SSSR count). The molecule has 3 nitrogen and oxygen atoms in total. The van der Waals surface area contributed by atoms with Crippen molar-refractivity contribution >= 4 is 32.8 Å². The zero-order chi connectivity index (χ0) is 13.0. The largest absolute Gasteiger partial charge is 0.353 e. The van der Waals surface area contributed by atoms with Crippen LogP contribution in [0.25, 0.3) is 32.8 Å². The summed E-state index contributed by atoms with van der Waals surface area (Å²) >= 11 is 0. The second-order valence-corrected chi connectivity index (χ2v) is 4.87. The number of pyridine rings is 1. The van der Waals surface area contributed by atoms with Gasteiger partial charge in [-0.15, -0.1) is 0 Å². The average Bonchev–Trinajstić information content (AvgIpc) is 2.78. The van der Waals surface area contributed by atoms with E-state index in [1.54, 1.807) is 0 Å². The van der Waals surface area contributed by atoms with E-state index in [1.807, 2.05) is 49.4 Å². The Labute approximate surface area is 108 Å². The quantitative estimate of drug-likeness (QED) is 0.492. The Bertz CT molecular complexity index is 992. The van der Waals surface area contributed by atoms with Gasteiger partial charge in [0.1, 0.15) is 5.52 Å². The molecule has 0 saturated heterocycles. The van der Waals surface area contributed by atoms with E-state index in [9.17, 15) is 4.79 Å². The van der Waals surface area contributed by atoms with Crippen molar-refractivity contribution in [3.8, 4) is 0 Å². The highest BCUT2D eigenvalue weighted by atomic mass is 16.1. The Morgan fingerprint density at radius 2 is 1.58 bits per heavy atom. The third kappa shape index (κ3) is 1.30. The smallest absolute Gasteiger partial charge is 0.213 e. The number of hydrogen-bond donors (Lipinski definition) is 2. The molecule has 0 aliphatic heterocycles. The number of aromatic nitrogens is 2. The standard InChI is InChI=1S/C16H12N2O/c1-9-5-4-8-12-13(9)16(19)15-14(18-12)10-6-2-3-7-11(10)17-15/h2-8,17H,1H3,(H,18,19). The van der Waals surface area contributed by atoms with Crippen LogP contribution in [0.4, 0.5) is 0 Å². The van der Waals surface area contributed by atoms with E-state index in [1.165, 1.54) is 0 Å². The number of aryl methyl sites for hydroxylation is 1. The summed E-state index contributed by atoms with van der Waals surface area (Å²) in [5, 5.41) is 1.82. The number of H-pyrrole nitrogens is 2. The molecule has 92 valence electrons. The molecule has 0 fully saturated rings. The van der Waals surface area contributed by atoms with E-state index in [2.05, 4.69) is 9.97 Å². The van der Waals surface area contributed by atoms with Crippen molar-refractivity contribution in [2.24, 2.45) is 0 Å². The van der Waals surface area contributed by atoms with Gasteiger partial charge in [0, 0.05) is 10.9 Å². The summed E-state index contributed by atoms with van der Waals surface area (Å²) in [5.41, 5.74) is 4.49. The number of aromatic amines is 2. The predicted octanol–water partition coefficient (Wildman–Crippen LogP) is 3.47. The lowest BCUT2D eigenvalue weighted by Gasteiger charge is -2.02. The molecular formula is C16H12N2O. The number of hydrogen-bond acceptors (Lipinski definition) is 1. The first-order chi connectivity index (χ1) is 9.25. The van der Waals surface area contributed by atoms with Crippen LogP contribution in [0.1, 0.15) is 5.56 Å². The highest BCUT2D eigenvalue weighted by molar-refractivity contribution is 6.08. The number of fused-ring (bicyclic) bond motifs is 4. The van der Waals surface area contributed by atoms with E-state index < -0.39 is 0 Å². The van der Waals surface area contributed by atoms with E-state index in [0.29, 0.717) is 5.52 Å². The number of benzene rings is 2. The third-order valence-corrected chi connectivity index (χ3v) is 3.69. The van der Waals surface area contributed by atoms with Gasteiger partial charge in [-0.05, 0) is 24.6 Å². The normalized spacial score (nSPS) is 11.6. The molecule has 0 spiro atoms. The first kappa shape index (κ1) is 10.4. The fraction of sp³-hybridized carbons (Fsp3) is 0.0625. The average molecular weight is 248 g/mol. The van der Waals surface area contributed by atoms with Crippen LogP contribution in [0.15, 0.2) is 47.3 Å². The maximum absolute atomic E-state index is 12.6. The van der Waals surface area contributed by atoms with Gasteiger partial charge in [-0.25, -0.2) is 0 Å². The number of nitrogens with one attached hydrogen (secondary N) is 2. The highest BCUT2D eigenvalue weighted by Crippen LogP contribution is 2.24. The summed E-state index contributed by atoms with van der Waals surface area (Å²) < 4.78 is 0. The summed E-state index contributed by atoms with van der Waals surface area (Å²) in [6.45, 7) is 1.96. The summed E-state index contributed by atoms with van der Waals surface area (Å²) in [7, 11) is 0. The molecule has 0 amide bonds. The van der Waals surface area contributed by atoms with Crippen LogP contribution in [0.2, 0.25) is 0 Å². The maximum atomic E-state index is 12.6. The lowest BCUT2D eigenvalue weighted by molar-refractivity contribution is 1.43. The zero-order valence-electron chi connectivity index (χ0n) is 10.4. The molecule has 2 aromatic heterocycles. The molecule has 2 N–H and O–H groups in total. The van der Waals surface area contributed by atoms with Crippen molar-refractivity contribution in [3.63, 3.8) is 0 Å². The number of para-hydroxylation sites is 1. The van der Waals surface area contributed by atoms with Crippen molar-refractivity contribution in [1.29, 1.82) is 0 Å². The van der Waals surface area contributed by atoms with Gasteiger partial charge in [0.25, 0.3) is 0 Å². The van der Waals surface area contributed by atoms with Crippen LogP contribution < -0.4 is 5.43 Å². The molecule has 19 heavy (non-hydrogen) atoms. The molecule has 0 radical (unpaired) electrons. The van der Waals surface area contributed by atoms with Crippen molar-refractivity contribution in [2.75, 3.05) is 0 Å². The minimum atomic E-state index is 0.0676. The van der Waals surface area contributed by atoms with Gasteiger partial charge < -0.3 is 9.97 Å². The van der Waals surface area contributed by atoms with Crippen LogP contribution in [0.5, 0.6) is 0 Å². The molecule has 0 bridgehead atoms. The van der Waals surface area contributed by atoms with Crippen LogP contribution in [0, 0.1) is 6.92 Å². The second-order valence-electron chi connectivity index (χ2n) is 4.87. The van der Waals surface area contributed by atoms with E-state index in [-0.39, 0.29) is 5.43 Å². The van der Waals surface area contributed by atoms with Crippen LogP contribution in [-0.4, -0.2) is 9.97 Å². The van der Waals surface area contributed by atoms with Crippen molar-refractivity contribution in [1.82, 2.24) is 9.97 Å². The van der Waals surface area contributed by atoms with Crippen LogP contribution in [0.3, 0.4) is 0 Å². The summed E-state index contributed by atoms with van der Waals surface area (Å²) in [6.07, 6.45) is 0. The first-order valence-corrected chi connectivity index (χ1v) is 6.28.